The van der Waals surface area contributed by atoms with Crippen molar-refractivity contribution in [2.45, 2.75) is 19.8 Å². The van der Waals surface area contributed by atoms with Crippen molar-refractivity contribution in [3.05, 3.63) is 40.9 Å². The molecule has 1 fully saturated rings. The standard InChI is InChI=1S/C18H18N4O2S/c1-11-14-10-15(25-18(14)21(2)20-11)17(24)19-12-5-3-6-13(9-12)22-8-4-7-16(22)23/h3,5-6,9-10H,4,7-8H2,1-2H3,(H,19,24). The lowest BCUT2D eigenvalue weighted by Gasteiger charge is -2.16. The second kappa shape index (κ2) is 6.00. The zero-order chi connectivity index (χ0) is 17.6. The predicted octanol–water partition coefficient (Wildman–Crippen LogP) is 3.32. The van der Waals surface area contributed by atoms with Gasteiger partial charge in [-0.25, -0.2) is 0 Å². The maximum Gasteiger partial charge on any atom is 0.265 e. The third-order valence-electron chi connectivity index (χ3n) is 4.41. The van der Waals surface area contributed by atoms with Gasteiger partial charge < -0.3 is 10.2 Å². The Balaban J connectivity index is 1.57. The van der Waals surface area contributed by atoms with Gasteiger partial charge in [-0.15, -0.1) is 11.3 Å². The maximum absolute atomic E-state index is 12.6. The average molecular weight is 354 g/mol. The fourth-order valence-corrected chi connectivity index (χ4v) is 4.20. The van der Waals surface area contributed by atoms with Crippen LogP contribution in [-0.2, 0) is 11.8 Å². The first-order valence-corrected chi connectivity index (χ1v) is 8.99. The number of thiophene rings is 1. The van der Waals surface area contributed by atoms with Gasteiger partial charge in [0.05, 0.1) is 10.6 Å². The summed E-state index contributed by atoms with van der Waals surface area (Å²) in [5.74, 6) is -0.0125. The van der Waals surface area contributed by atoms with Gasteiger partial charge in [-0.2, -0.15) is 5.10 Å². The van der Waals surface area contributed by atoms with Crippen molar-refractivity contribution in [1.82, 2.24) is 9.78 Å². The second-order valence-electron chi connectivity index (χ2n) is 6.19. The van der Waals surface area contributed by atoms with E-state index in [2.05, 4.69) is 10.4 Å². The molecule has 3 heterocycles. The van der Waals surface area contributed by atoms with Gasteiger partial charge in [-0.05, 0) is 37.6 Å². The van der Waals surface area contributed by atoms with E-state index in [1.165, 1.54) is 11.3 Å². The van der Waals surface area contributed by atoms with E-state index in [0.717, 1.165) is 34.6 Å². The summed E-state index contributed by atoms with van der Waals surface area (Å²) in [5, 5.41) is 8.29. The number of anilines is 2. The smallest absolute Gasteiger partial charge is 0.265 e. The number of carbonyl (C=O) groups excluding carboxylic acids is 2. The minimum absolute atomic E-state index is 0.135. The number of hydrogen-bond acceptors (Lipinski definition) is 4. The van der Waals surface area contributed by atoms with Gasteiger partial charge in [-0.1, -0.05) is 6.07 Å². The van der Waals surface area contributed by atoms with E-state index in [4.69, 9.17) is 0 Å². The van der Waals surface area contributed by atoms with E-state index in [-0.39, 0.29) is 11.8 Å². The lowest BCUT2D eigenvalue weighted by Crippen LogP contribution is -2.23. The van der Waals surface area contributed by atoms with Crippen molar-refractivity contribution in [3.63, 3.8) is 0 Å². The summed E-state index contributed by atoms with van der Waals surface area (Å²) in [7, 11) is 1.88. The highest BCUT2D eigenvalue weighted by atomic mass is 32.1. The summed E-state index contributed by atoms with van der Waals surface area (Å²) in [6.07, 6.45) is 1.47. The number of aryl methyl sites for hydroxylation is 2. The van der Waals surface area contributed by atoms with Crippen LogP contribution in [-0.4, -0.2) is 28.1 Å². The molecule has 1 aliphatic heterocycles. The fourth-order valence-electron chi connectivity index (χ4n) is 3.18. The molecule has 2 amide bonds. The van der Waals surface area contributed by atoms with Gasteiger partial charge in [0.25, 0.3) is 5.91 Å². The van der Waals surface area contributed by atoms with Crippen molar-refractivity contribution in [2.24, 2.45) is 7.05 Å². The second-order valence-corrected chi connectivity index (χ2v) is 7.22. The van der Waals surface area contributed by atoms with E-state index in [9.17, 15) is 9.59 Å². The van der Waals surface area contributed by atoms with Crippen molar-refractivity contribution < 1.29 is 9.59 Å². The largest absolute Gasteiger partial charge is 0.321 e. The molecule has 1 N–H and O–H groups in total. The lowest BCUT2D eigenvalue weighted by atomic mass is 10.2. The quantitative estimate of drug-likeness (QED) is 0.784. The van der Waals surface area contributed by atoms with Crippen LogP contribution in [0.5, 0.6) is 0 Å². The number of amides is 2. The van der Waals surface area contributed by atoms with E-state index >= 15 is 0 Å². The molecular formula is C18H18N4O2S. The monoisotopic (exact) mass is 354 g/mol. The molecule has 4 rings (SSSR count). The van der Waals surface area contributed by atoms with E-state index in [1.54, 1.807) is 9.58 Å². The topological polar surface area (TPSA) is 67.2 Å². The molecule has 3 aromatic rings. The highest BCUT2D eigenvalue weighted by Gasteiger charge is 2.22. The molecule has 0 unspecified atom stereocenters. The summed E-state index contributed by atoms with van der Waals surface area (Å²) in [6, 6.07) is 9.32. The zero-order valence-electron chi connectivity index (χ0n) is 14.1. The van der Waals surface area contributed by atoms with Crippen LogP contribution in [0.2, 0.25) is 0 Å². The number of hydrogen-bond donors (Lipinski definition) is 1. The Morgan fingerprint density at radius 2 is 2.16 bits per heavy atom. The number of aromatic nitrogens is 2. The molecule has 0 saturated carbocycles. The van der Waals surface area contributed by atoms with Gasteiger partial charge in [0, 0.05) is 36.8 Å². The van der Waals surface area contributed by atoms with Crippen molar-refractivity contribution >= 4 is 44.7 Å². The molecule has 7 heteroatoms. The molecule has 0 bridgehead atoms. The summed E-state index contributed by atoms with van der Waals surface area (Å²) < 4.78 is 1.80. The molecule has 2 aromatic heterocycles. The Kier molecular flexibility index (Phi) is 3.80. The zero-order valence-corrected chi connectivity index (χ0v) is 14.9. The van der Waals surface area contributed by atoms with Crippen LogP contribution < -0.4 is 10.2 Å². The third kappa shape index (κ3) is 2.80. The Labute approximate surface area is 149 Å². The van der Waals surface area contributed by atoms with Gasteiger partial charge in [0.1, 0.15) is 4.83 Å². The Hall–Kier alpha value is -2.67. The molecule has 128 valence electrons. The molecule has 1 aliphatic rings. The van der Waals surface area contributed by atoms with Crippen LogP contribution in [0.1, 0.15) is 28.2 Å². The van der Waals surface area contributed by atoms with Crippen LogP contribution >= 0.6 is 11.3 Å². The number of rotatable bonds is 3. The van der Waals surface area contributed by atoms with Gasteiger partial charge >= 0.3 is 0 Å². The van der Waals surface area contributed by atoms with Gasteiger partial charge in [-0.3, -0.25) is 14.3 Å². The third-order valence-corrected chi connectivity index (χ3v) is 5.61. The molecule has 0 atom stereocenters. The SMILES string of the molecule is Cc1nn(C)c2sc(C(=O)Nc3cccc(N4CCCC4=O)c3)cc12. The Bertz CT molecular complexity index is 954. The van der Waals surface area contributed by atoms with Crippen molar-refractivity contribution in [3.8, 4) is 0 Å². The van der Waals surface area contributed by atoms with E-state index < -0.39 is 0 Å². The lowest BCUT2D eigenvalue weighted by molar-refractivity contribution is -0.117. The molecule has 0 spiro atoms. The summed E-state index contributed by atoms with van der Waals surface area (Å²) in [6.45, 7) is 2.67. The Morgan fingerprint density at radius 1 is 1.32 bits per heavy atom. The average Bonchev–Trinajstić information content (AvgIpc) is 3.26. The molecule has 0 radical (unpaired) electrons. The van der Waals surface area contributed by atoms with Crippen molar-refractivity contribution in [2.75, 3.05) is 16.8 Å². The van der Waals surface area contributed by atoms with Crippen LogP contribution in [0.25, 0.3) is 10.2 Å². The first-order chi connectivity index (χ1) is 12.0. The normalized spacial score (nSPS) is 14.5. The number of carbonyl (C=O) groups is 2. The fraction of sp³-hybridized carbons (Fsp3) is 0.278. The molecule has 6 nitrogen and oxygen atoms in total. The van der Waals surface area contributed by atoms with E-state index in [1.807, 2.05) is 44.3 Å². The highest BCUT2D eigenvalue weighted by Crippen LogP contribution is 2.29. The highest BCUT2D eigenvalue weighted by molar-refractivity contribution is 7.20. The molecule has 0 aliphatic carbocycles. The van der Waals surface area contributed by atoms with Crippen LogP contribution in [0, 0.1) is 6.92 Å². The Morgan fingerprint density at radius 3 is 2.88 bits per heavy atom. The van der Waals surface area contributed by atoms with Crippen LogP contribution in [0.3, 0.4) is 0 Å². The van der Waals surface area contributed by atoms with Crippen LogP contribution in [0.15, 0.2) is 30.3 Å². The van der Waals surface area contributed by atoms with Crippen molar-refractivity contribution in [1.29, 1.82) is 0 Å². The van der Waals surface area contributed by atoms with Crippen LogP contribution in [0.4, 0.5) is 11.4 Å². The number of nitrogens with one attached hydrogen (secondary N) is 1. The number of nitrogens with zero attached hydrogens (tertiary/aromatic N) is 3. The molecule has 25 heavy (non-hydrogen) atoms. The van der Waals surface area contributed by atoms with E-state index in [0.29, 0.717) is 17.0 Å². The number of benzene rings is 1. The maximum atomic E-state index is 12.6. The predicted molar refractivity (Wildman–Crippen MR) is 99.3 cm³/mol. The first-order valence-electron chi connectivity index (χ1n) is 8.18. The summed E-state index contributed by atoms with van der Waals surface area (Å²) in [4.78, 5) is 27.9. The molecule has 1 saturated heterocycles. The number of fused-ring (bicyclic) bond motifs is 1. The van der Waals surface area contributed by atoms with Gasteiger partial charge in [0.2, 0.25) is 5.91 Å². The summed E-state index contributed by atoms with van der Waals surface area (Å²) >= 11 is 1.43. The molecule has 1 aromatic carbocycles. The minimum atomic E-state index is -0.148. The van der Waals surface area contributed by atoms with Gasteiger partial charge in [0.15, 0.2) is 0 Å². The first kappa shape index (κ1) is 15.8. The molecular weight excluding hydrogens is 336 g/mol. The minimum Gasteiger partial charge on any atom is -0.321 e. The summed E-state index contributed by atoms with van der Waals surface area (Å²) in [5.41, 5.74) is 2.44.